The van der Waals surface area contributed by atoms with Crippen LogP contribution in [0.1, 0.15) is 49.1 Å². The van der Waals surface area contributed by atoms with Crippen LogP contribution in [0.2, 0.25) is 10.3 Å². The van der Waals surface area contributed by atoms with Crippen molar-refractivity contribution in [2.45, 2.75) is 37.7 Å². The molecule has 6 heteroatoms. The van der Waals surface area contributed by atoms with Gasteiger partial charge in [-0.25, -0.2) is 9.97 Å². The average molecular weight is 319 g/mol. The number of ether oxygens (including phenoxy) is 1. The molecule has 0 aromatic carbocycles. The molecule has 1 unspecified atom stereocenters. The van der Waals surface area contributed by atoms with Gasteiger partial charge in [-0.3, -0.25) is 0 Å². The summed E-state index contributed by atoms with van der Waals surface area (Å²) in [7, 11) is 0. The van der Waals surface area contributed by atoms with Gasteiger partial charge in [0.15, 0.2) is 5.82 Å². The van der Waals surface area contributed by atoms with Gasteiger partial charge in [-0.05, 0) is 18.8 Å². The fourth-order valence-electron chi connectivity index (χ4n) is 2.76. The summed E-state index contributed by atoms with van der Waals surface area (Å²) in [6.07, 6.45) is 4.67. The molecule has 1 aromatic rings. The van der Waals surface area contributed by atoms with Gasteiger partial charge in [0.2, 0.25) is 0 Å². The second-order valence-electron chi connectivity index (χ2n) is 4.99. The van der Waals surface area contributed by atoms with Crippen molar-refractivity contribution < 1.29 is 4.74 Å². The van der Waals surface area contributed by atoms with Crippen LogP contribution in [0.25, 0.3) is 0 Å². The number of rotatable bonds is 2. The maximum Gasteiger partial charge on any atom is 0.161 e. The highest BCUT2D eigenvalue weighted by atomic mass is 35.5. The highest BCUT2D eigenvalue weighted by molar-refractivity contribution is 7.99. The highest BCUT2D eigenvalue weighted by Crippen LogP contribution is 2.40. The van der Waals surface area contributed by atoms with E-state index in [1.165, 1.54) is 12.8 Å². The van der Waals surface area contributed by atoms with Gasteiger partial charge in [0.05, 0.1) is 6.61 Å². The van der Waals surface area contributed by atoms with Crippen LogP contribution in [0.4, 0.5) is 0 Å². The predicted octanol–water partition coefficient (Wildman–Crippen LogP) is 4.25. The van der Waals surface area contributed by atoms with Crippen molar-refractivity contribution in [3.63, 3.8) is 0 Å². The lowest BCUT2D eigenvalue weighted by molar-refractivity contribution is 0.0694. The molecule has 1 saturated carbocycles. The van der Waals surface area contributed by atoms with Crippen molar-refractivity contribution in [2.24, 2.45) is 0 Å². The van der Waals surface area contributed by atoms with Gasteiger partial charge in [0.1, 0.15) is 16.4 Å². The first-order valence-corrected chi connectivity index (χ1v) is 8.59. The van der Waals surface area contributed by atoms with E-state index in [0.29, 0.717) is 22.0 Å². The van der Waals surface area contributed by atoms with E-state index >= 15 is 0 Å². The van der Waals surface area contributed by atoms with Crippen LogP contribution in [-0.2, 0) is 4.74 Å². The van der Waals surface area contributed by atoms with Crippen molar-refractivity contribution in [2.75, 3.05) is 18.1 Å². The summed E-state index contributed by atoms with van der Waals surface area (Å²) in [6, 6.07) is 0. The fourth-order valence-corrected chi connectivity index (χ4v) is 4.31. The number of halogens is 2. The van der Waals surface area contributed by atoms with Gasteiger partial charge in [-0.15, -0.1) is 0 Å². The maximum absolute atomic E-state index is 6.34. The van der Waals surface area contributed by atoms with E-state index in [0.717, 1.165) is 36.5 Å². The molecule has 19 heavy (non-hydrogen) atoms. The predicted molar refractivity (Wildman–Crippen MR) is 79.3 cm³/mol. The maximum atomic E-state index is 6.34. The zero-order chi connectivity index (χ0) is 13.2. The molecule has 0 N–H and O–H groups in total. The molecule has 2 aliphatic rings. The summed E-state index contributed by atoms with van der Waals surface area (Å²) >= 11 is 14.5. The van der Waals surface area contributed by atoms with E-state index < -0.39 is 0 Å². The smallest absolute Gasteiger partial charge is 0.161 e. The van der Waals surface area contributed by atoms with Crippen molar-refractivity contribution in [1.29, 1.82) is 0 Å². The number of nitrogens with zero attached hydrogens (tertiary/aromatic N) is 2. The van der Waals surface area contributed by atoms with Gasteiger partial charge in [-0.2, -0.15) is 11.8 Å². The topological polar surface area (TPSA) is 35.0 Å². The van der Waals surface area contributed by atoms with Gasteiger partial charge in [0.25, 0.3) is 0 Å². The van der Waals surface area contributed by atoms with E-state index in [9.17, 15) is 0 Å². The molecule has 1 aliphatic heterocycles. The monoisotopic (exact) mass is 318 g/mol. The second-order valence-corrected chi connectivity index (χ2v) is 6.86. The van der Waals surface area contributed by atoms with Gasteiger partial charge < -0.3 is 4.74 Å². The minimum absolute atomic E-state index is 0.0774. The first kappa shape index (κ1) is 13.9. The molecular weight excluding hydrogens is 303 g/mol. The van der Waals surface area contributed by atoms with Crippen molar-refractivity contribution in [3.05, 3.63) is 21.7 Å². The molecule has 3 rings (SSSR count). The lowest BCUT2D eigenvalue weighted by atomic mass is 10.0. The van der Waals surface area contributed by atoms with Crippen molar-refractivity contribution >= 4 is 35.0 Å². The summed E-state index contributed by atoms with van der Waals surface area (Å²) in [5.41, 5.74) is 0.938. The Morgan fingerprint density at radius 1 is 1.11 bits per heavy atom. The number of hydrogen-bond donors (Lipinski definition) is 0. The Morgan fingerprint density at radius 3 is 2.37 bits per heavy atom. The molecule has 1 aromatic heterocycles. The largest absolute Gasteiger partial charge is 0.368 e. The first-order chi connectivity index (χ1) is 9.25. The minimum atomic E-state index is -0.0774. The lowest BCUT2D eigenvalue weighted by Crippen LogP contribution is -2.19. The molecule has 2 heterocycles. The second kappa shape index (κ2) is 6.17. The highest BCUT2D eigenvalue weighted by Gasteiger charge is 2.27. The third kappa shape index (κ3) is 3.02. The Labute approximate surface area is 127 Å². The zero-order valence-corrected chi connectivity index (χ0v) is 12.9. The van der Waals surface area contributed by atoms with Crippen LogP contribution in [-0.4, -0.2) is 28.1 Å². The molecule has 0 spiro atoms. The molecule has 3 nitrogen and oxygen atoms in total. The van der Waals surface area contributed by atoms with Crippen LogP contribution in [0.15, 0.2) is 0 Å². The van der Waals surface area contributed by atoms with Crippen LogP contribution in [0.3, 0.4) is 0 Å². The molecule has 2 fully saturated rings. The number of aromatic nitrogens is 2. The van der Waals surface area contributed by atoms with Gasteiger partial charge in [0, 0.05) is 17.1 Å². The third-order valence-corrected chi connectivity index (χ3v) is 5.31. The summed E-state index contributed by atoms with van der Waals surface area (Å²) in [4.78, 5) is 8.87. The summed E-state index contributed by atoms with van der Waals surface area (Å²) in [5, 5.41) is 1.03. The zero-order valence-electron chi connectivity index (χ0n) is 10.6. The van der Waals surface area contributed by atoms with Crippen LogP contribution in [0, 0.1) is 0 Å². The van der Waals surface area contributed by atoms with Crippen molar-refractivity contribution in [3.8, 4) is 0 Å². The van der Waals surface area contributed by atoms with Crippen LogP contribution < -0.4 is 0 Å². The van der Waals surface area contributed by atoms with Crippen LogP contribution in [0.5, 0.6) is 0 Å². The first-order valence-electron chi connectivity index (χ1n) is 6.68. The standard InChI is InChI=1S/C13H16Cl2N2OS/c14-11-10(8-3-1-2-4-8)12(15)17-13(16-11)9-7-19-6-5-18-9/h8-9H,1-7H2. The SMILES string of the molecule is Clc1nc(C2CSCCO2)nc(Cl)c1C1CCCC1. The Kier molecular flexibility index (Phi) is 4.52. The van der Waals surface area contributed by atoms with Crippen molar-refractivity contribution in [1.82, 2.24) is 9.97 Å². The van der Waals surface area contributed by atoms with Crippen LogP contribution >= 0.6 is 35.0 Å². The normalized spacial score (nSPS) is 24.8. The molecule has 1 saturated heterocycles. The molecule has 1 atom stereocenters. The summed E-state index contributed by atoms with van der Waals surface area (Å²) < 4.78 is 5.68. The molecule has 0 bridgehead atoms. The Morgan fingerprint density at radius 2 is 1.79 bits per heavy atom. The van der Waals surface area contributed by atoms with E-state index in [1.54, 1.807) is 0 Å². The van der Waals surface area contributed by atoms with Gasteiger partial charge >= 0.3 is 0 Å². The number of thioether (sulfide) groups is 1. The Hall–Kier alpha value is -0.0300. The van der Waals surface area contributed by atoms with Gasteiger partial charge in [-0.1, -0.05) is 36.0 Å². The average Bonchev–Trinajstić information content (AvgIpc) is 2.93. The molecule has 0 radical (unpaired) electrons. The molecule has 104 valence electrons. The van der Waals surface area contributed by atoms with E-state index in [-0.39, 0.29) is 6.10 Å². The quantitative estimate of drug-likeness (QED) is 0.764. The number of hydrogen-bond acceptors (Lipinski definition) is 4. The Balaban J connectivity index is 1.88. The van der Waals surface area contributed by atoms with E-state index in [2.05, 4.69) is 9.97 Å². The fraction of sp³-hybridized carbons (Fsp3) is 0.692. The summed E-state index contributed by atoms with van der Waals surface area (Å²) in [5.74, 6) is 2.95. The summed E-state index contributed by atoms with van der Waals surface area (Å²) in [6.45, 7) is 0.734. The van der Waals surface area contributed by atoms with E-state index in [4.69, 9.17) is 27.9 Å². The lowest BCUT2D eigenvalue weighted by Gasteiger charge is -2.22. The molecule has 1 aliphatic carbocycles. The van der Waals surface area contributed by atoms with E-state index in [1.807, 2.05) is 11.8 Å². The molecular formula is C13H16Cl2N2OS. The Bertz CT molecular complexity index is 437. The molecule has 0 amide bonds. The minimum Gasteiger partial charge on any atom is -0.368 e. The third-order valence-electron chi connectivity index (χ3n) is 3.74.